The fourth-order valence-corrected chi connectivity index (χ4v) is 1.29. The van der Waals surface area contributed by atoms with Crippen molar-refractivity contribution in [1.29, 1.82) is 0 Å². The molecule has 4 nitrogen and oxygen atoms in total. The molecule has 0 radical (unpaired) electrons. The van der Waals surface area contributed by atoms with Crippen LogP contribution in [0.25, 0.3) is 10.4 Å². The minimum Gasteiger partial charge on any atom is -0.496 e. The average molecular weight is 191 g/mol. The van der Waals surface area contributed by atoms with Gasteiger partial charge in [-0.05, 0) is 35.2 Å². The molecule has 0 bridgehead atoms. The normalized spacial score (nSPS) is 9.71. The van der Waals surface area contributed by atoms with E-state index >= 15 is 0 Å². The fraction of sp³-hybridized carbons (Fsp3) is 0.400. The summed E-state index contributed by atoms with van der Waals surface area (Å²) in [4.78, 5) is 2.75. The van der Waals surface area contributed by atoms with Gasteiger partial charge in [0, 0.05) is 10.6 Å². The van der Waals surface area contributed by atoms with E-state index in [1.807, 2.05) is 12.1 Å². The molecule has 0 aliphatic carbocycles. The maximum Gasteiger partial charge on any atom is 0.122 e. The Labute approximate surface area is 83.1 Å². The summed E-state index contributed by atoms with van der Waals surface area (Å²) >= 11 is 0. The maximum atomic E-state index is 8.30. The van der Waals surface area contributed by atoms with Gasteiger partial charge in [-0.3, -0.25) is 0 Å². The first-order valence-corrected chi connectivity index (χ1v) is 4.42. The molecule has 0 spiro atoms. The van der Waals surface area contributed by atoms with Crippen LogP contribution in [0.2, 0.25) is 0 Å². The largest absolute Gasteiger partial charge is 0.496 e. The smallest absolute Gasteiger partial charge is 0.122 e. The molecule has 14 heavy (non-hydrogen) atoms. The number of benzene rings is 1. The zero-order chi connectivity index (χ0) is 10.6. The summed E-state index contributed by atoms with van der Waals surface area (Å²) in [7, 11) is 1.63. The van der Waals surface area contributed by atoms with Crippen molar-refractivity contribution in [3.05, 3.63) is 34.2 Å². The van der Waals surface area contributed by atoms with Gasteiger partial charge in [0.2, 0.25) is 0 Å². The molecule has 74 valence electrons. The number of hydrogen-bond donors (Lipinski definition) is 0. The van der Waals surface area contributed by atoms with E-state index in [4.69, 9.17) is 10.3 Å². The summed E-state index contributed by atoms with van der Waals surface area (Å²) in [6.45, 7) is 4.13. The summed E-state index contributed by atoms with van der Waals surface area (Å²) in [5, 5.41) is 3.55. The molecule has 0 N–H and O–H groups in total. The molecule has 1 aromatic carbocycles. The van der Waals surface area contributed by atoms with Gasteiger partial charge in [0.1, 0.15) is 5.75 Å². The molecule has 0 fully saturated rings. The van der Waals surface area contributed by atoms with E-state index in [9.17, 15) is 0 Å². The molecule has 0 aliphatic rings. The molecule has 0 saturated carbocycles. The molecule has 0 aliphatic heterocycles. The van der Waals surface area contributed by atoms with Gasteiger partial charge in [0.15, 0.2) is 0 Å². The molecule has 0 amide bonds. The SMILES string of the molecule is COc1ccc(N=[N+]=[N-])cc1C(C)C. The maximum absolute atomic E-state index is 8.30. The predicted octanol–water partition coefficient (Wildman–Crippen LogP) is 3.76. The lowest BCUT2D eigenvalue weighted by molar-refractivity contribution is 0.407. The third kappa shape index (κ3) is 2.18. The van der Waals surface area contributed by atoms with Crippen molar-refractivity contribution in [2.24, 2.45) is 5.11 Å². The molecule has 1 aromatic rings. The summed E-state index contributed by atoms with van der Waals surface area (Å²) in [5.41, 5.74) is 9.98. The van der Waals surface area contributed by atoms with E-state index in [1.54, 1.807) is 13.2 Å². The van der Waals surface area contributed by atoms with Crippen molar-refractivity contribution in [1.82, 2.24) is 0 Å². The number of ether oxygens (including phenoxy) is 1. The highest BCUT2D eigenvalue weighted by Gasteiger charge is 2.07. The molecule has 1 rings (SSSR count). The molecule has 0 aromatic heterocycles. The Morgan fingerprint density at radius 3 is 2.64 bits per heavy atom. The van der Waals surface area contributed by atoms with Crippen LogP contribution in [-0.2, 0) is 0 Å². The minimum absolute atomic E-state index is 0.346. The monoisotopic (exact) mass is 191 g/mol. The molecule has 0 heterocycles. The van der Waals surface area contributed by atoms with Crippen molar-refractivity contribution in [2.75, 3.05) is 7.11 Å². The van der Waals surface area contributed by atoms with Gasteiger partial charge in [0.05, 0.1) is 7.11 Å². The van der Waals surface area contributed by atoms with E-state index in [0.717, 1.165) is 11.3 Å². The molecular weight excluding hydrogens is 178 g/mol. The molecule has 0 unspecified atom stereocenters. The Bertz CT molecular complexity index is 368. The Hall–Kier alpha value is -1.67. The molecule has 4 heteroatoms. The highest BCUT2D eigenvalue weighted by molar-refractivity contribution is 5.48. The van der Waals surface area contributed by atoms with Crippen LogP contribution >= 0.6 is 0 Å². The van der Waals surface area contributed by atoms with Gasteiger partial charge in [-0.15, -0.1) is 0 Å². The van der Waals surface area contributed by atoms with Gasteiger partial charge in [0.25, 0.3) is 0 Å². The number of hydrogen-bond acceptors (Lipinski definition) is 2. The highest BCUT2D eigenvalue weighted by Crippen LogP contribution is 2.30. The third-order valence-electron chi connectivity index (χ3n) is 2.00. The van der Waals surface area contributed by atoms with Crippen LogP contribution in [0.3, 0.4) is 0 Å². The van der Waals surface area contributed by atoms with E-state index in [0.29, 0.717) is 11.6 Å². The van der Waals surface area contributed by atoms with Crippen molar-refractivity contribution in [2.45, 2.75) is 19.8 Å². The lowest BCUT2D eigenvalue weighted by Crippen LogP contribution is -1.93. The zero-order valence-corrected chi connectivity index (χ0v) is 8.56. The van der Waals surface area contributed by atoms with Gasteiger partial charge in [-0.25, -0.2) is 0 Å². The zero-order valence-electron chi connectivity index (χ0n) is 8.56. The van der Waals surface area contributed by atoms with E-state index in [-0.39, 0.29) is 0 Å². The lowest BCUT2D eigenvalue weighted by atomic mass is 10.0. The standard InChI is InChI=1S/C10H13N3O/c1-7(2)9-6-8(12-13-11)4-5-10(9)14-3/h4-7H,1-3H3. The van der Waals surface area contributed by atoms with E-state index in [2.05, 4.69) is 23.9 Å². The van der Waals surface area contributed by atoms with Crippen LogP contribution in [0.1, 0.15) is 25.3 Å². The van der Waals surface area contributed by atoms with Crippen LogP contribution < -0.4 is 4.74 Å². The van der Waals surface area contributed by atoms with Crippen LogP contribution in [0.5, 0.6) is 5.75 Å². The second-order valence-corrected chi connectivity index (χ2v) is 3.27. The van der Waals surface area contributed by atoms with Gasteiger partial charge >= 0.3 is 0 Å². The number of methoxy groups -OCH3 is 1. The number of nitrogens with zero attached hydrogens (tertiary/aromatic N) is 3. The van der Waals surface area contributed by atoms with Crippen LogP contribution in [0.15, 0.2) is 23.3 Å². The fourth-order valence-electron chi connectivity index (χ4n) is 1.29. The molecule has 0 saturated heterocycles. The van der Waals surface area contributed by atoms with Gasteiger partial charge in [-0.2, -0.15) is 0 Å². The topological polar surface area (TPSA) is 58.0 Å². The summed E-state index contributed by atoms with van der Waals surface area (Å²) < 4.78 is 5.20. The first-order valence-electron chi connectivity index (χ1n) is 4.42. The molecule has 0 atom stereocenters. The minimum atomic E-state index is 0.346. The molecular formula is C10H13N3O. The summed E-state index contributed by atoms with van der Waals surface area (Å²) in [6, 6.07) is 5.41. The van der Waals surface area contributed by atoms with Crippen molar-refractivity contribution >= 4 is 5.69 Å². The summed E-state index contributed by atoms with van der Waals surface area (Å²) in [6.07, 6.45) is 0. The van der Waals surface area contributed by atoms with E-state index < -0.39 is 0 Å². The van der Waals surface area contributed by atoms with Crippen LogP contribution in [0, 0.1) is 0 Å². The Morgan fingerprint density at radius 1 is 1.43 bits per heavy atom. The van der Waals surface area contributed by atoms with Crippen molar-refractivity contribution in [3.63, 3.8) is 0 Å². The average Bonchev–Trinajstić information content (AvgIpc) is 2.18. The number of azide groups is 1. The summed E-state index contributed by atoms with van der Waals surface area (Å²) in [5.74, 6) is 1.18. The Balaban J connectivity index is 3.20. The van der Waals surface area contributed by atoms with Gasteiger partial charge < -0.3 is 4.74 Å². The van der Waals surface area contributed by atoms with Crippen molar-refractivity contribution in [3.8, 4) is 5.75 Å². The Morgan fingerprint density at radius 2 is 2.14 bits per heavy atom. The number of rotatable bonds is 3. The first kappa shape index (κ1) is 10.4. The van der Waals surface area contributed by atoms with E-state index in [1.165, 1.54) is 0 Å². The predicted molar refractivity (Wildman–Crippen MR) is 55.9 cm³/mol. The second-order valence-electron chi connectivity index (χ2n) is 3.27. The Kier molecular flexibility index (Phi) is 3.37. The van der Waals surface area contributed by atoms with Crippen LogP contribution in [0.4, 0.5) is 5.69 Å². The highest BCUT2D eigenvalue weighted by atomic mass is 16.5. The second kappa shape index (κ2) is 4.53. The van der Waals surface area contributed by atoms with Gasteiger partial charge in [-0.1, -0.05) is 19.0 Å². The van der Waals surface area contributed by atoms with Crippen molar-refractivity contribution < 1.29 is 4.74 Å². The quantitative estimate of drug-likeness (QED) is 0.407. The lowest BCUT2D eigenvalue weighted by Gasteiger charge is -2.11. The third-order valence-corrected chi connectivity index (χ3v) is 2.00. The van der Waals surface area contributed by atoms with Crippen LogP contribution in [-0.4, -0.2) is 7.11 Å². The first-order chi connectivity index (χ1) is 6.69.